The van der Waals surface area contributed by atoms with E-state index >= 15 is 0 Å². The average molecular weight is 303 g/mol. The summed E-state index contributed by atoms with van der Waals surface area (Å²) in [5, 5.41) is 14.9. The summed E-state index contributed by atoms with van der Waals surface area (Å²) in [6.07, 6.45) is 3.93. The third kappa shape index (κ3) is 3.41. The number of aromatic nitrogens is 4. The fraction of sp³-hybridized carbons (Fsp3) is 0.429. The van der Waals surface area contributed by atoms with Crippen molar-refractivity contribution in [2.75, 3.05) is 11.1 Å². The third-order valence-electron chi connectivity index (χ3n) is 3.52. The van der Waals surface area contributed by atoms with Crippen LogP contribution in [0.5, 0.6) is 0 Å². The topological polar surface area (TPSA) is 72.7 Å². The summed E-state index contributed by atoms with van der Waals surface area (Å²) in [6, 6.07) is 6.21. The highest BCUT2D eigenvalue weighted by Crippen LogP contribution is 2.25. The van der Waals surface area contributed by atoms with Crippen LogP contribution in [0.15, 0.2) is 23.4 Å². The van der Waals surface area contributed by atoms with E-state index in [1.807, 2.05) is 6.07 Å². The van der Waals surface area contributed by atoms with E-state index in [9.17, 15) is 4.79 Å². The van der Waals surface area contributed by atoms with Crippen molar-refractivity contribution in [1.82, 2.24) is 20.2 Å². The smallest absolute Gasteiger partial charge is 0.225 e. The van der Waals surface area contributed by atoms with Gasteiger partial charge in [-0.1, -0.05) is 17.8 Å². The molecule has 1 aliphatic carbocycles. The Hall–Kier alpha value is -1.89. The number of thioether (sulfide) groups is 1. The number of rotatable bonds is 5. The van der Waals surface area contributed by atoms with E-state index in [2.05, 4.69) is 33.0 Å². The molecule has 1 aromatic carbocycles. The molecule has 0 unspecified atom stereocenters. The van der Waals surface area contributed by atoms with Gasteiger partial charge in [-0.3, -0.25) is 4.79 Å². The summed E-state index contributed by atoms with van der Waals surface area (Å²) >= 11 is 1.48. The first-order valence-electron chi connectivity index (χ1n) is 6.99. The normalized spacial score (nSPS) is 13.2. The summed E-state index contributed by atoms with van der Waals surface area (Å²) < 4.78 is 1.60. The minimum Gasteiger partial charge on any atom is -0.326 e. The van der Waals surface area contributed by atoms with E-state index in [1.54, 1.807) is 11.7 Å². The van der Waals surface area contributed by atoms with Crippen LogP contribution in [-0.4, -0.2) is 31.9 Å². The molecule has 3 rings (SSSR count). The summed E-state index contributed by atoms with van der Waals surface area (Å²) in [5.74, 6) is 0.681. The van der Waals surface area contributed by atoms with Crippen LogP contribution in [0.2, 0.25) is 0 Å². The van der Waals surface area contributed by atoms with Crippen LogP contribution in [-0.2, 0) is 24.7 Å². The van der Waals surface area contributed by atoms with Crippen LogP contribution in [0, 0.1) is 0 Å². The lowest BCUT2D eigenvalue weighted by Crippen LogP contribution is -2.12. The minimum atomic E-state index is 0.0237. The number of nitrogens with zero attached hydrogens (tertiary/aromatic N) is 4. The molecular formula is C14H17N5OS. The van der Waals surface area contributed by atoms with Gasteiger partial charge >= 0.3 is 0 Å². The second kappa shape index (κ2) is 6.26. The Balaban J connectivity index is 1.49. The van der Waals surface area contributed by atoms with Crippen molar-refractivity contribution >= 4 is 23.4 Å². The number of hydrogen-bond donors (Lipinski definition) is 1. The zero-order chi connectivity index (χ0) is 14.7. The van der Waals surface area contributed by atoms with Crippen molar-refractivity contribution in [3.63, 3.8) is 0 Å². The van der Waals surface area contributed by atoms with Gasteiger partial charge in [-0.15, -0.1) is 5.10 Å². The Morgan fingerprint density at radius 2 is 2.24 bits per heavy atom. The van der Waals surface area contributed by atoms with Crippen molar-refractivity contribution in [3.05, 3.63) is 29.3 Å². The summed E-state index contributed by atoms with van der Waals surface area (Å²) in [7, 11) is 1.78. The summed E-state index contributed by atoms with van der Waals surface area (Å²) in [6.45, 7) is 0. The van der Waals surface area contributed by atoms with E-state index in [0.717, 1.165) is 23.7 Å². The maximum atomic E-state index is 11.9. The predicted octanol–water partition coefficient (Wildman–Crippen LogP) is 1.82. The number of fused-ring (bicyclic) bond motifs is 1. The van der Waals surface area contributed by atoms with Crippen LogP contribution >= 0.6 is 11.8 Å². The number of anilines is 1. The molecule has 0 bridgehead atoms. The first-order chi connectivity index (χ1) is 10.2. The van der Waals surface area contributed by atoms with Crippen LogP contribution < -0.4 is 5.32 Å². The van der Waals surface area contributed by atoms with Gasteiger partial charge in [0.1, 0.15) is 0 Å². The Morgan fingerprint density at radius 1 is 1.38 bits per heavy atom. The van der Waals surface area contributed by atoms with Gasteiger partial charge in [0.2, 0.25) is 11.1 Å². The van der Waals surface area contributed by atoms with Crippen molar-refractivity contribution < 1.29 is 4.79 Å². The van der Waals surface area contributed by atoms with Gasteiger partial charge in [-0.25, -0.2) is 4.68 Å². The monoisotopic (exact) mass is 303 g/mol. The van der Waals surface area contributed by atoms with Crippen molar-refractivity contribution in [1.29, 1.82) is 0 Å². The number of hydrogen-bond acceptors (Lipinski definition) is 5. The molecule has 2 aromatic rings. The van der Waals surface area contributed by atoms with Gasteiger partial charge in [-0.2, -0.15) is 0 Å². The predicted molar refractivity (Wildman–Crippen MR) is 81.2 cm³/mol. The van der Waals surface area contributed by atoms with Gasteiger partial charge < -0.3 is 5.32 Å². The molecule has 1 aromatic heterocycles. The number of nitrogens with one attached hydrogen (secondary N) is 1. The number of carbonyl (C=O) groups is 1. The molecule has 110 valence electrons. The molecular weight excluding hydrogens is 286 g/mol. The number of aryl methyl sites for hydroxylation is 3. The lowest BCUT2D eigenvalue weighted by atomic mass is 10.1. The molecule has 0 saturated heterocycles. The Morgan fingerprint density at radius 3 is 3.05 bits per heavy atom. The van der Waals surface area contributed by atoms with E-state index in [0.29, 0.717) is 12.2 Å². The Bertz CT molecular complexity index is 655. The molecule has 6 nitrogen and oxygen atoms in total. The van der Waals surface area contributed by atoms with Gasteiger partial charge in [0.15, 0.2) is 0 Å². The standard InChI is InChI=1S/C14H17N5OS/c1-19-14(16-17-18-19)21-8-7-13(20)15-12-6-5-10-3-2-4-11(10)9-12/h5-6,9H,2-4,7-8H2,1H3,(H,15,20). The fourth-order valence-electron chi connectivity index (χ4n) is 2.45. The summed E-state index contributed by atoms with van der Waals surface area (Å²) in [5.41, 5.74) is 3.68. The molecule has 0 spiro atoms. The molecule has 1 heterocycles. The highest BCUT2D eigenvalue weighted by Gasteiger charge is 2.12. The molecule has 0 saturated carbocycles. The van der Waals surface area contributed by atoms with E-state index in [4.69, 9.17) is 0 Å². The third-order valence-corrected chi connectivity index (χ3v) is 4.54. The second-order valence-electron chi connectivity index (χ2n) is 5.07. The molecule has 0 fully saturated rings. The lowest BCUT2D eigenvalue weighted by Gasteiger charge is -2.07. The molecule has 7 heteroatoms. The largest absolute Gasteiger partial charge is 0.326 e. The maximum absolute atomic E-state index is 11.9. The SMILES string of the molecule is Cn1nnnc1SCCC(=O)Nc1ccc2c(c1)CCC2. The van der Waals surface area contributed by atoms with E-state index < -0.39 is 0 Å². The quantitative estimate of drug-likeness (QED) is 0.853. The number of tetrazole rings is 1. The van der Waals surface area contributed by atoms with Crippen LogP contribution in [0.1, 0.15) is 24.0 Å². The van der Waals surface area contributed by atoms with Crippen LogP contribution in [0.3, 0.4) is 0 Å². The summed E-state index contributed by atoms with van der Waals surface area (Å²) in [4.78, 5) is 11.9. The van der Waals surface area contributed by atoms with Gasteiger partial charge in [-0.05, 0) is 52.9 Å². The fourth-order valence-corrected chi connectivity index (χ4v) is 3.24. The average Bonchev–Trinajstić information content (AvgIpc) is 3.07. The lowest BCUT2D eigenvalue weighted by molar-refractivity contribution is -0.115. The van der Waals surface area contributed by atoms with Crippen LogP contribution in [0.4, 0.5) is 5.69 Å². The highest BCUT2D eigenvalue weighted by molar-refractivity contribution is 7.99. The van der Waals surface area contributed by atoms with Gasteiger partial charge in [0, 0.05) is 24.9 Å². The zero-order valence-corrected chi connectivity index (χ0v) is 12.7. The van der Waals surface area contributed by atoms with E-state index in [-0.39, 0.29) is 5.91 Å². The number of benzene rings is 1. The molecule has 1 amide bonds. The molecule has 0 radical (unpaired) electrons. The minimum absolute atomic E-state index is 0.0237. The van der Waals surface area contributed by atoms with Gasteiger partial charge in [0.25, 0.3) is 0 Å². The zero-order valence-electron chi connectivity index (χ0n) is 11.9. The molecule has 1 N–H and O–H groups in total. The molecule has 21 heavy (non-hydrogen) atoms. The molecule has 1 aliphatic rings. The maximum Gasteiger partial charge on any atom is 0.225 e. The Kier molecular flexibility index (Phi) is 4.19. The molecule has 0 aliphatic heterocycles. The highest BCUT2D eigenvalue weighted by atomic mass is 32.2. The van der Waals surface area contributed by atoms with Crippen molar-refractivity contribution in [2.24, 2.45) is 7.05 Å². The molecule has 0 atom stereocenters. The van der Waals surface area contributed by atoms with Gasteiger partial charge in [0.05, 0.1) is 0 Å². The second-order valence-corrected chi connectivity index (χ2v) is 6.13. The number of amides is 1. The van der Waals surface area contributed by atoms with Crippen molar-refractivity contribution in [3.8, 4) is 0 Å². The Labute approximate surface area is 127 Å². The van der Waals surface area contributed by atoms with E-state index in [1.165, 1.54) is 29.3 Å². The first-order valence-corrected chi connectivity index (χ1v) is 7.98. The van der Waals surface area contributed by atoms with Crippen LogP contribution in [0.25, 0.3) is 0 Å². The van der Waals surface area contributed by atoms with Crippen molar-refractivity contribution in [2.45, 2.75) is 30.8 Å². The number of carbonyl (C=O) groups excluding carboxylic acids is 1. The first kappa shape index (κ1) is 14.1.